The van der Waals surface area contributed by atoms with Gasteiger partial charge in [0.1, 0.15) is 0 Å². The molecular weight excluding hydrogens is 98.1 g/mol. The van der Waals surface area contributed by atoms with E-state index in [1.807, 2.05) is 25.2 Å². The van der Waals surface area contributed by atoms with Gasteiger partial charge in [-0.2, -0.15) is 0 Å². The molecule has 0 aromatic rings. The van der Waals surface area contributed by atoms with E-state index in [9.17, 15) is 0 Å². The summed E-state index contributed by atoms with van der Waals surface area (Å²) < 4.78 is 0. The van der Waals surface area contributed by atoms with Gasteiger partial charge >= 0.3 is 0 Å². The van der Waals surface area contributed by atoms with Crippen LogP contribution in [0, 0.1) is 0 Å². The summed E-state index contributed by atoms with van der Waals surface area (Å²) in [7, 11) is 0. The number of allylic oxidation sites excluding steroid dienone is 4. The van der Waals surface area contributed by atoms with Crippen molar-refractivity contribution in [3.05, 3.63) is 36.6 Å². The number of hydrogen-bond acceptors (Lipinski definition) is 1. The first-order valence-electron chi connectivity index (χ1n) is 2.51. The number of nitrogens with two attached hydrogens (primary N) is 1. The lowest BCUT2D eigenvalue weighted by molar-refractivity contribution is 1.45. The Bertz CT molecular complexity index is 120. The van der Waals surface area contributed by atoms with Crippen molar-refractivity contribution in [3.8, 4) is 0 Å². The highest BCUT2D eigenvalue weighted by atomic mass is 14.5. The van der Waals surface area contributed by atoms with E-state index in [-0.39, 0.29) is 0 Å². The van der Waals surface area contributed by atoms with Gasteiger partial charge in [-0.1, -0.05) is 24.8 Å². The Morgan fingerprint density at radius 2 is 2.12 bits per heavy atom. The third-order valence-corrected chi connectivity index (χ3v) is 0.614. The zero-order valence-electron chi connectivity index (χ0n) is 5.09. The lowest BCUT2D eigenvalue weighted by atomic mass is 10.4. The van der Waals surface area contributed by atoms with Crippen LogP contribution >= 0.6 is 0 Å². The Hall–Kier alpha value is -0.980. The lowest BCUT2D eigenvalue weighted by Crippen LogP contribution is -1.87. The SMILES string of the molecule is C=C(N)/C=C\C=C/C. The molecule has 0 saturated carbocycles. The number of rotatable bonds is 2. The molecule has 0 bridgehead atoms. The van der Waals surface area contributed by atoms with Gasteiger partial charge in [-0.3, -0.25) is 0 Å². The predicted molar refractivity (Wildman–Crippen MR) is 37.3 cm³/mol. The minimum Gasteiger partial charge on any atom is -0.399 e. The van der Waals surface area contributed by atoms with Crippen LogP contribution in [0.4, 0.5) is 0 Å². The molecule has 1 nitrogen and oxygen atoms in total. The maximum Gasteiger partial charge on any atom is 0.0240 e. The molecule has 0 fully saturated rings. The van der Waals surface area contributed by atoms with Crippen LogP contribution in [0.15, 0.2) is 36.6 Å². The molecule has 0 saturated heterocycles. The highest BCUT2D eigenvalue weighted by Crippen LogP contribution is 1.81. The molecule has 0 atom stereocenters. The van der Waals surface area contributed by atoms with Crippen LogP contribution in [0.1, 0.15) is 6.92 Å². The average molecular weight is 109 g/mol. The van der Waals surface area contributed by atoms with Crippen molar-refractivity contribution in [1.29, 1.82) is 0 Å². The maximum atomic E-state index is 5.22. The van der Waals surface area contributed by atoms with Gasteiger partial charge in [-0.15, -0.1) is 0 Å². The summed E-state index contributed by atoms with van der Waals surface area (Å²) in [5, 5.41) is 0. The summed E-state index contributed by atoms with van der Waals surface area (Å²) in [5.41, 5.74) is 5.80. The van der Waals surface area contributed by atoms with E-state index in [4.69, 9.17) is 5.73 Å². The fourth-order valence-electron chi connectivity index (χ4n) is 0.290. The van der Waals surface area contributed by atoms with Gasteiger partial charge in [-0.25, -0.2) is 0 Å². The van der Waals surface area contributed by atoms with E-state index in [1.165, 1.54) is 0 Å². The van der Waals surface area contributed by atoms with Crippen molar-refractivity contribution >= 4 is 0 Å². The molecule has 1 heteroatoms. The van der Waals surface area contributed by atoms with E-state index in [0.29, 0.717) is 5.70 Å². The van der Waals surface area contributed by atoms with Gasteiger partial charge in [0.15, 0.2) is 0 Å². The minimum absolute atomic E-state index is 0.586. The summed E-state index contributed by atoms with van der Waals surface area (Å²) in [6, 6.07) is 0. The summed E-state index contributed by atoms with van der Waals surface area (Å²) >= 11 is 0. The quantitative estimate of drug-likeness (QED) is 0.535. The molecule has 0 aromatic heterocycles. The van der Waals surface area contributed by atoms with Crippen LogP contribution in [0.3, 0.4) is 0 Å². The summed E-state index contributed by atoms with van der Waals surface area (Å²) in [5.74, 6) is 0. The molecule has 0 radical (unpaired) electrons. The summed E-state index contributed by atoms with van der Waals surface area (Å²) in [4.78, 5) is 0. The Balaban J connectivity index is 3.50. The van der Waals surface area contributed by atoms with Crippen LogP contribution in [0.5, 0.6) is 0 Å². The normalized spacial score (nSPS) is 11.1. The molecule has 0 aliphatic rings. The standard InChI is InChI=1S/C7H11N/c1-3-4-5-6-7(2)8/h3-6H,2,8H2,1H3/b4-3-,6-5-. The van der Waals surface area contributed by atoms with Crippen LogP contribution in [-0.4, -0.2) is 0 Å². The van der Waals surface area contributed by atoms with Crippen LogP contribution in [-0.2, 0) is 0 Å². The molecule has 8 heavy (non-hydrogen) atoms. The lowest BCUT2D eigenvalue weighted by Gasteiger charge is -1.79. The second-order valence-corrected chi connectivity index (χ2v) is 1.46. The summed E-state index contributed by atoms with van der Waals surface area (Å²) in [6.45, 7) is 5.43. The molecule has 0 aliphatic carbocycles. The molecule has 0 aromatic carbocycles. The predicted octanol–water partition coefficient (Wildman–Crippen LogP) is 1.59. The first-order chi connectivity index (χ1) is 3.77. The van der Waals surface area contributed by atoms with Crippen LogP contribution in [0.25, 0.3) is 0 Å². The third kappa shape index (κ3) is 5.02. The van der Waals surface area contributed by atoms with Crippen molar-refractivity contribution in [2.75, 3.05) is 0 Å². The van der Waals surface area contributed by atoms with Gasteiger partial charge in [0.05, 0.1) is 0 Å². The average Bonchev–Trinajstić information content (AvgIpc) is 1.66. The minimum atomic E-state index is 0.586. The van der Waals surface area contributed by atoms with E-state index < -0.39 is 0 Å². The van der Waals surface area contributed by atoms with Gasteiger partial charge in [0.25, 0.3) is 0 Å². The smallest absolute Gasteiger partial charge is 0.0240 e. The molecule has 0 heterocycles. The number of hydrogen-bond donors (Lipinski definition) is 1. The Labute approximate surface area is 50.2 Å². The molecule has 0 amide bonds. The van der Waals surface area contributed by atoms with Crippen molar-refractivity contribution < 1.29 is 0 Å². The van der Waals surface area contributed by atoms with Crippen molar-refractivity contribution in [2.45, 2.75) is 6.92 Å². The zero-order chi connectivity index (χ0) is 6.41. The van der Waals surface area contributed by atoms with Crippen LogP contribution in [0.2, 0.25) is 0 Å². The van der Waals surface area contributed by atoms with Gasteiger partial charge in [-0.05, 0) is 13.0 Å². The highest BCUT2D eigenvalue weighted by molar-refractivity contribution is 5.15. The monoisotopic (exact) mass is 109 g/mol. The molecular formula is C7H11N. The van der Waals surface area contributed by atoms with Crippen molar-refractivity contribution in [1.82, 2.24) is 0 Å². The van der Waals surface area contributed by atoms with E-state index >= 15 is 0 Å². The molecule has 0 rings (SSSR count). The zero-order valence-corrected chi connectivity index (χ0v) is 5.09. The fourth-order valence-corrected chi connectivity index (χ4v) is 0.290. The topological polar surface area (TPSA) is 26.0 Å². The Morgan fingerprint density at radius 1 is 1.50 bits per heavy atom. The second kappa shape index (κ2) is 4.19. The molecule has 0 unspecified atom stereocenters. The maximum absolute atomic E-state index is 5.22. The van der Waals surface area contributed by atoms with Crippen molar-refractivity contribution in [2.24, 2.45) is 5.73 Å². The summed E-state index contributed by atoms with van der Waals surface area (Å²) in [6.07, 6.45) is 7.43. The third-order valence-electron chi connectivity index (χ3n) is 0.614. The molecule has 44 valence electrons. The van der Waals surface area contributed by atoms with Gasteiger partial charge in [0.2, 0.25) is 0 Å². The van der Waals surface area contributed by atoms with E-state index in [0.717, 1.165) is 0 Å². The second-order valence-electron chi connectivity index (χ2n) is 1.46. The van der Waals surface area contributed by atoms with E-state index in [1.54, 1.807) is 6.08 Å². The van der Waals surface area contributed by atoms with Crippen molar-refractivity contribution in [3.63, 3.8) is 0 Å². The van der Waals surface area contributed by atoms with Gasteiger partial charge in [0, 0.05) is 5.70 Å². The molecule has 2 N–H and O–H groups in total. The fraction of sp³-hybridized carbons (Fsp3) is 0.143. The molecule has 0 spiro atoms. The highest BCUT2D eigenvalue weighted by Gasteiger charge is 1.66. The Kier molecular flexibility index (Phi) is 3.67. The van der Waals surface area contributed by atoms with Crippen LogP contribution < -0.4 is 5.73 Å². The molecule has 0 aliphatic heterocycles. The first-order valence-corrected chi connectivity index (χ1v) is 2.51. The Morgan fingerprint density at radius 3 is 2.50 bits per heavy atom. The van der Waals surface area contributed by atoms with E-state index in [2.05, 4.69) is 6.58 Å². The largest absolute Gasteiger partial charge is 0.399 e. The first kappa shape index (κ1) is 7.02. The van der Waals surface area contributed by atoms with Gasteiger partial charge < -0.3 is 5.73 Å².